The second-order valence-electron chi connectivity index (χ2n) is 5.00. The maximum absolute atomic E-state index is 5.89. The van der Waals surface area contributed by atoms with Crippen LogP contribution in [0.2, 0.25) is 5.02 Å². The summed E-state index contributed by atoms with van der Waals surface area (Å²) in [7, 11) is 0. The number of aromatic nitrogens is 2. The van der Waals surface area contributed by atoms with Crippen molar-refractivity contribution >= 4 is 34.6 Å². The summed E-state index contributed by atoms with van der Waals surface area (Å²) in [5.41, 5.74) is 1.83. The third-order valence-electron chi connectivity index (χ3n) is 3.22. The van der Waals surface area contributed by atoms with Crippen LogP contribution in [0.1, 0.15) is 6.92 Å². The highest BCUT2D eigenvalue weighted by Gasteiger charge is 2.01. The molecule has 0 unspecified atom stereocenters. The van der Waals surface area contributed by atoms with E-state index in [2.05, 4.69) is 20.6 Å². The fourth-order valence-corrected chi connectivity index (χ4v) is 2.25. The Labute approximate surface area is 145 Å². The highest BCUT2D eigenvalue weighted by atomic mass is 35.5. The summed E-state index contributed by atoms with van der Waals surface area (Å²) in [6.45, 7) is 2.61. The number of nitrogens with one attached hydrogen (secondary N) is 2. The SMILES string of the molecule is CCOc1ccc(Nc2cc(Nc3ccc(Cl)cc3)ncn2)cc1. The summed E-state index contributed by atoms with van der Waals surface area (Å²) in [5, 5.41) is 7.15. The molecule has 0 atom stereocenters. The van der Waals surface area contributed by atoms with Crippen molar-refractivity contribution in [3.8, 4) is 5.75 Å². The predicted molar refractivity (Wildman–Crippen MR) is 97.7 cm³/mol. The second kappa shape index (κ2) is 7.66. The third kappa shape index (κ3) is 4.36. The molecule has 2 aromatic carbocycles. The topological polar surface area (TPSA) is 59.1 Å². The minimum atomic E-state index is 0.651. The van der Waals surface area contributed by atoms with Crippen molar-refractivity contribution in [2.24, 2.45) is 0 Å². The van der Waals surface area contributed by atoms with Gasteiger partial charge in [0.2, 0.25) is 0 Å². The quantitative estimate of drug-likeness (QED) is 0.660. The molecule has 5 nitrogen and oxygen atoms in total. The lowest BCUT2D eigenvalue weighted by atomic mass is 10.3. The van der Waals surface area contributed by atoms with Crippen LogP contribution < -0.4 is 15.4 Å². The van der Waals surface area contributed by atoms with Crippen molar-refractivity contribution in [3.05, 3.63) is 65.9 Å². The molecule has 122 valence electrons. The highest BCUT2D eigenvalue weighted by Crippen LogP contribution is 2.22. The van der Waals surface area contributed by atoms with E-state index in [0.29, 0.717) is 23.3 Å². The lowest BCUT2D eigenvalue weighted by molar-refractivity contribution is 0.340. The normalized spacial score (nSPS) is 10.2. The van der Waals surface area contributed by atoms with Crippen LogP contribution in [0.3, 0.4) is 0 Å². The molecule has 0 fully saturated rings. The molecule has 3 rings (SSSR count). The van der Waals surface area contributed by atoms with E-state index in [1.165, 1.54) is 6.33 Å². The zero-order valence-corrected chi connectivity index (χ0v) is 13.9. The molecule has 0 bridgehead atoms. The van der Waals surface area contributed by atoms with Crippen molar-refractivity contribution in [3.63, 3.8) is 0 Å². The first-order chi connectivity index (χ1) is 11.7. The summed E-state index contributed by atoms with van der Waals surface area (Å²) in [5.74, 6) is 2.24. The molecule has 2 N–H and O–H groups in total. The Morgan fingerprint density at radius 2 is 1.42 bits per heavy atom. The van der Waals surface area contributed by atoms with Gasteiger partial charge in [-0.25, -0.2) is 9.97 Å². The third-order valence-corrected chi connectivity index (χ3v) is 3.47. The van der Waals surface area contributed by atoms with Crippen LogP contribution >= 0.6 is 11.6 Å². The Kier molecular flexibility index (Phi) is 5.13. The number of hydrogen-bond donors (Lipinski definition) is 2. The van der Waals surface area contributed by atoms with Crippen LogP contribution in [0, 0.1) is 0 Å². The van der Waals surface area contributed by atoms with Gasteiger partial charge in [0.1, 0.15) is 23.7 Å². The van der Waals surface area contributed by atoms with Crippen molar-refractivity contribution in [1.82, 2.24) is 9.97 Å². The highest BCUT2D eigenvalue weighted by molar-refractivity contribution is 6.30. The van der Waals surface area contributed by atoms with Gasteiger partial charge in [-0.1, -0.05) is 11.6 Å². The fraction of sp³-hybridized carbons (Fsp3) is 0.111. The van der Waals surface area contributed by atoms with Gasteiger partial charge in [-0.05, 0) is 55.5 Å². The molecule has 6 heteroatoms. The largest absolute Gasteiger partial charge is 0.494 e. The van der Waals surface area contributed by atoms with E-state index in [1.807, 2.05) is 61.5 Å². The van der Waals surface area contributed by atoms with Gasteiger partial charge in [0.05, 0.1) is 6.61 Å². The van der Waals surface area contributed by atoms with Crippen LogP contribution in [-0.2, 0) is 0 Å². The average Bonchev–Trinajstić information content (AvgIpc) is 2.59. The van der Waals surface area contributed by atoms with E-state index in [4.69, 9.17) is 16.3 Å². The molecular weight excluding hydrogens is 324 g/mol. The van der Waals surface area contributed by atoms with Crippen molar-refractivity contribution in [2.45, 2.75) is 6.92 Å². The van der Waals surface area contributed by atoms with E-state index < -0.39 is 0 Å². The number of anilines is 4. The van der Waals surface area contributed by atoms with E-state index in [-0.39, 0.29) is 0 Å². The first kappa shape index (κ1) is 16.1. The minimum absolute atomic E-state index is 0.651. The molecule has 0 radical (unpaired) electrons. The first-order valence-electron chi connectivity index (χ1n) is 7.57. The standard InChI is InChI=1S/C18H17ClN4O/c1-2-24-16-9-7-15(8-10-16)23-18-11-17(20-12-21-18)22-14-5-3-13(19)4-6-14/h3-12H,2H2,1H3,(H2,20,21,22,23). The molecule has 3 aromatic rings. The summed E-state index contributed by atoms with van der Waals surface area (Å²) >= 11 is 5.89. The van der Waals surface area contributed by atoms with Gasteiger partial charge >= 0.3 is 0 Å². The zero-order chi connectivity index (χ0) is 16.8. The van der Waals surface area contributed by atoms with Gasteiger partial charge in [0, 0.05) is 22.5 Å². The van der Waals surface area contributed by atoms with E-state index in [1.54, 1.807) is 0 Å². The Morgan fingerprint density at radius 1 is 0.875 bits per heavy atom. The Morgan fingerprint density at radius 3 is 1.96 bits per heavy atom. The summed E-state index contributed by atoms with van der Waals surface area (Å²) in [4.78, 5) is 8.46. The molecule has 0 aliphatic carbocycles. The van der Waals surface area contributed by atoms with Crippen molar-refractivity contribution in [2.75, 3.05) is 17.2 Å². The maximum atomic E-state index is 5.89. The number of nitrogens with zero attached hydrogens (tertiary/aromatic N) is 2. The van der Waals surface area contributed by atoms with Crippen molar-refractivity contribution in [1.29, 1.82) is 0 Å². The van der Waals surface area contributed by atoms with Crippen LogP contribution in [-0.4, -0.2) is 16.6 Å². The molecule has 0 saturated heterocycles. The molecule has 1 heterocycles. The number of benzene rings is 2. The lowest BCUT2D eigenvalue weighted by Gasteiger charge is -2.09. The van der Waals surface area contributed by atoms with Crippen LogP contribution in [0.5, 0.6) is 5.75 Å². The molecule has 1 aromatic heterocycles. The summed E-state index contributed by atoms with van der Waals surface area (Å²) < 4.78 is 5.43. The van der Waals surface area contributed by atoms with Gasteiger partial charge in [-0.2, -0.15) is 0 Å². The van der Waals surface area contributed by atoms with Gasteiger partial charge in [0.25, 0.3) is 0 Å². The molecule has 0 saturated carbocycles. The number of rotatable bonds is 6. The molecule has 0 aliphatic heterocycles. The molecule has 0 amide bonds. The van der Waals surface area contributed by atoms with Crippen LogP contribution in [0.25, 0.3) is 0 Å². The number of hydrogen-bond acceptors (Lipinski definition) is 5. The first-order valence-corrected chi connectivity index (χ1v) is 7.95. The molecule has 0 spiro atoms. The Bertz CT molecular complexity index is 791. The zero-order valence-electron chi connectivity index (χ0n) is 13.2. The lowest BCUT2D eigenvalue weighted by Crippen LogP contribution is -1.98. The fourth-order valence-electron chi connectivity index (χ4n) is 2.12. The molecule has 0 aliphatic rings. The van der Waals surface area contributed by atoms with Gasteiger partial charge in [0.15, 0.2) is 0 Å². The van der Waals surface area contributed by atoms with Crippen LogP contribution in [0.15, 0.2) is 60.9 Å². The monoisotopic (exact) mass is 340 g/mol. The van der Waals surface area contributed by atoms with Crippen LogP contribution in [0.4, 0.5) is 23.0 Å². The van der Waals surface area contributed by atoms with E-state index in [0.717, 1.165) is 17.1 Å². The Hall–Kier alpha value is -2.79. The van der Waals surface area contributed by atoms with Crippen molar-refractivity contribution < 1.29 is 4.74 Å². The smallest absolute Gasteiger partial charge is 0.135 e. The average molecular weight is 341 g/mol. The number of ether oxygens (including phenoxy) is 1. The second-order valence-corrected chi connectivity index (χ2v) is 5.44. The Balaban J connectivity index is 1.69. The van der Waals surface area contributed by atoms with E-state index in [9.17, 15) is 0 Å². The van der Waals surface area contributed by atoms with Gasteiger partial charge in [-0.15, -0.1) is 0 Å². The summed E-state index contributed by atoms with van der Waals surface area (Å²) in [6, 6.07) is 17.0. The molecular formula is C18H17ClN4O. The van der Waals surface area contributed by atoms with Gasteiger partial charge in [-0.3, -0.25) is 0 Å². The van der Waals surface area contributed by atoms with E-state index >= 15 is 0 Å². The number of halogens is 1. The minimum Gasteiger partial charge on any atom is -0.494 e. The predicted octanol–water partition coefficient (Wildman–Crippen LogP) is 5.02. The maximum Gasteiger partial charge on any atom is 0.135 e. The summed E-state index contributed by atoms with van der Waals surface area (Å²) in [6.07, 6.45) is 1.51. The molecule has 24 heavy (non-hydrogen) atoms. The van der Waals surface area contributed by atoms with Gasteiger partial charge < -0.3 is 15.4 Å².